The molecular formula is C8H13BN2O. The van der Waals surface area contributed by atoms with Crippen molar-refractivity contribution in [2.24, 2.45) is 5.73 Å². The maximum absolute atomic E-state index is 5.78. The highest BCUT2D eigenvalue weighted by atomic mass is 16.5. The van der Waals surface area contributed by atoms with Crippen LogP contribution in [0.1, 0.15) is 6.42 Å². The standard InChI is InChI=1S/C8H13BN2O/c1-2-3-6(9)7-8(10)11-4-5-12-7/h2,6,11H,1,3-5,10H2. The molecule has 0 aromatic carbocycles. The highest BCUT2D eigenvalue weighted by Gasteiger charge is 2.15. The average molecular weight is 164 g/mol. The summed E-state index contributed by atoms with van der Waals surface area (Å²) in [5.41, 5.74) is 5.64. The number of rotatable bonds is 3. The van der Waals surface area contributed by atoms with Gasteiger partial charge in [0.1, 0.15) is 18.2 Å². The lowest BCUT2D eigenvalue weighted by molar-refractivity contribution is 0.181. The van der Waals surface area contributed by atoms with Crippen molar-refractivity contribution in [1.29, 1.82) is 0 Å². The van der Waals surface area contributed by atoms with E-state index in [9.17, 15) is 0 Å². The number of hydrogen-bond donors (Lipinski definition) is 2. The summed E-state index contributed by atoms with van der Waals surface area (Å²) in [7, 11) is 5.78. The third-order valence-electron chi connectivity index (χ3n) is 1.70. The van der Waals surface area contributed by atoms with Gasteiger partial charge in [-0.25, -0.2) is 0 Å². The van der Waals surface area contributed by atoms with Crippen LogP contribution in [0.25, 0.3) is 0 Å². The molecule has 0 aromatic heterocycles. The van der Waals surface area contributed by atoms with Crippen LogP contribution in [0.3, 0.4) is 0 Å². The molecule has 0 saturated heterocycles. The normalized spacial score (nSPS) is 19.3. The molecular weight excluding hydrogens is 151 g/mol. The Hall–Kier alpha value is -1.06. The monoisotopic (exact) mass is 164 g/mol. The van der Waals surface area contributed by atoms with Gasteiger partial charge in [0, 0.05) is 0 Å². The molecule has 0 aliphatic carbocycles. The molecule has 0 saturated carbocycles. The lowest BCUT2D eigenvalue weighted by atomic mass is 9.82. The van der Waals surface area contributed by atoms with E-state index in [-0.39, 0.29) is 5.82 Å². The van der Waals surface area contributed by atoms with E-state index in [1.54, 1.807) is 6.08 Å². The van der Waals surface area contributed by atoms with Gasteiger partial charge >= 0.3 is 0 Å². The molecule has 0 fully saturated rings. The smallest absolute Gasteiger partial charge is 0.135 e. The molecule has 3 nitrogen and oxygen atoms in total. The summed E-state index contributed by atoms with van der Waals surface area (Å²) in [6.07, 6.45) is 2.43. The average Bonchev–Trinajstić information content (AvgIpc) is 2.05. The summed E-state index contributed by atoms with van der Waals surface area (Å²) >= 11 is 0. The highest BCUT2D eigenvalue weighted by Crippen LogP contribution is 2.22. The number of ether oxygens (including phenoxy) is 1. The molecule has 2 radical (unpaired) electrons. The van der Waals surface area contributed by atoms with E-state index in [0.29, 0.717) is 24.6 Å². The van der Waals surface area contributed by atoms with Crippen LogP contribution in [0.2, 0.25) is 5.82 Å². The van der Waals surface area contributed by atoms with Gasteiger partial charge in [0.25, 0.3) is 0 Å². The number of nitrogens with one attached hydrogen (secondary N) is 1. The lowest BCUT2D eigenvalue weighted by Crippen LogP contribution is -2.32. The summed E-state index contributed by atoms with van der Waals surface area (Å²) in [5, 5.41) is 2.99. The Kier molecular flexibility index (Phi) is 3.08. The first-order valence-electron chi connectivity index (χ1n) is 3.98. The topological polar surface area (TPSA) is 47.3 Å². The number of hydrogen-bond acceptors (Lipinski definition) is 3. The first-order valence-corrected chi connectivity index (χ1v) is 3.98. The van der Waals surface area contributed by atoms with Gasteiger partial charge in [-0.2, -0.15) is 0 Å². The molecule has 1 unspecified atom stereocenters. The quantitative estimate of drug-likeness (QED) is 0.464. The van der Waals surface area contributed by atoms with Crippen LogP contribution in [-0.4, -0.2) is 21.0 Å². The molecule has 1 heterocycles. The molecule has 1 atom stereocenters. The molecule has 0 spiro atoms. The summed E-state index contributed by atoms with van der Waals surface area (Å²) in [5.74, 6) is 1.03. The molecule has 0 bridgehead atoms. The van der Waals surface area contributed by atoms with Crippen LogP contribution >= 0.6 is 0 Å². The molecule has 4 heteroatoms. The summed E-state index contributed by atoms with van der Waals surface area (Å²) < 4.78 is 5.32. The number of nitrogens with two attached hydrogens (primary N) is 1. The fourth-order valence-corrected chi connectivity index (χ4v) is 1.10. The van der Waals surface area contributed by atoms with Crippen molar-refractivity contribution < 1.29 is 4.74 Å². The first-order chi connectivity index (χ1) is 5.75. The molecule has 0 amide bonds. The molecule has 0 aromatic rings. The number of allylic oxidation sites excluding steroid dienone is 2. The SMILES string of the molecule is [B]C(CC=C)C1=C(N)NCCO1. The Balaban J connectivity index is 2.63. The van der Waals surface area contributed by atoms with Gasteiger partial charge in [0.2, 0.25) is 0 Å². The largest absolute Gasteiger partial charge is 0.493 e. The van der Waals surface area contributed by atoms with Gasteiger partial charge in [-0.3, -0.25) is 0 Å². The van der Waals surface area contributed by atoms with E-state index < -0.39 is 0 Å². The van der Waals surface area contributed by atoms with E-state index in [4.69, 9.17) is 18.3 Å². The minimum absolute atomic E-state index is 0.171. The van der Waals surface area contributed by atoms with E-state index in [1.165, 1.54) is 0 Å². The Morgan fingerprint density at radius 1 is 1.83 bits per heavy atom. The fourth-order valence-electron chi connectivity index (χ4n) is 1.10. The van der Waals surface area contributed by atoms with Crippen LogP contribution in [0.5, 0.6) is 0 Å². The summed E-state index contributed by atoms with van der Waals surface area (Å²) in [6, 6.07) is 0. The van der Waals surface area contributed by atoms with E-state index >= 15 is 0 Å². The Labute approximate surface area is 74.1 Å². The van der Waals surface area contributed by atoms with Crippen molar-refractivity contribution in [3.63, 3.8) is 0 Å². The molecule has 3 N–H and O–H groups in total. The molecule has 1 rings (SSSR count). The van der Waals surface area contributed by atoms with E-state index in [0.717, 1.165) is 6.54 Å². The Morgan fingerprint density at radius 3 is 3.17 bits per heavy atom. The predicted molar refractivity (Wildman–Crippen MR) is 49.5 cm³/mol. The van der Waals surface area contributed by atoms with Gasteiger partial charge in [0.05, 0.1) is 14.4 Å². The van der Waals surface area contributed by atoms with Crippen LogP contribution in [0.15, 0.2) is 24.2 Å². The van der Waals surface area contributed by atoms with Crippen molar-refractivity contribution >= 4 is 7.85 Å². The van der Waals surface area contributed by atoms with Gasteiger partial charge in [-0.15, -0.1) is 6.58 Å². The van der Waals surface area contributed by atoms with Crippen LogP contribution in [0, 0.1) is 0 Å². The van der Waals surface area contributed by atoms with Gasteiger partial charge in [0.15, 0.2) is 0 Å². The molecule has 1 aliphatic heterocycles. The Bertz CT molecular complexity index is 203. The lowest BCUT2D eigenvalue weighted by Gasteiger charge is -2.24. The van der Waals surface area contributed by atoms with Gasteiger partial charge in [-0.1, -0.05) is 6.08 Å². The second-order valence-corrected chi connectivity index (χ2v) is 2.68. The van der Waals surface area contributed by atoms with Crippen LogP contribution < -0.4 is 11.1 Å². The van der Waals surface area contributed by atoms with Gasteiger partial charge < -0.3 is 15.8 Å². The van der Waals surface area contributed by atoms with Crippen LogP contribution in [0.4, 0.5) is 0 Å². The first kappa shape index (κ1) is 9.04. The molecule has 12 heavy (non-hydrogen) atoms. The zero-order chi connectivity index (χ0) is 8.97. The van der Waals surface area contributed by atoms with Crippen molar-refractivity contribution in [1.82, 2.24) is 5.32 Å². The van der Waals surface area contributed by atoms with E-state index in [1.807, 2.05) is 0 Å². The second-order valence-electron chi connectivity index (χ2n) is 2.68. The Morgan fingerprint density at radius 2 is 2.58 bits per heavy atom. The molecule has 1 aliphatic rings. The van der Waals surface area contributed by atoms with E-state index in [2.05, 4.69) is 11.9 Å². The zero-order valence-corrected chi connectivity index (χ0v) is 7.05. The third-order valence-corrected chi connectivity index (χ3v) is 1.70. The maximum Gasteiger partial charge on any atom is 0.135 e. The predicted octanol–water partition coefficient (Wildman–Crippen LogP) is 0.267. The van der Waals surface area contributed by atoms with Crippen molar-refractivity contribution in [2.45, 2.75) is 12.2 Å². The minimum Gasteiger partial charge on any atom is -0.493 e. The maximum atomic E-state index is 5.78. The highest BCUT2D eigenvalue weighted by molar-refractivity contribution is 6.13. The zero-order valence-electron chi connectivity index (χ0n) is 7.05. The van der Waals surface area contributed by atoms with Gasteiger partial charge in [-0.05, 0) is 12.2 Å². The minimum atomic E-state index is -0.171. The molecule has 64 valence electrons. The summed E-state index contributed by atoms with van der Waals surface area (Å²) in [6.45, 7) is 4.97. The fraction of sp³-hybridized carbons (Fsp3) is 0.500. The second kappa shape index (κ2) is 4.09. The van der Waals surface area contributed by atoms with Crippen molar-refractivity contribution in [2.75, 3.05) is 13.2 Å². The van der Waals surface area contributed by atoms with Crippen molar-refractivity contribution in [3.05, 3.63) is 24.2 Å². The van der Waals surface area contributed by atoms with Crippen molar-refractivity contribution in [3.8, 4) is 0 Å². The summed E-state index contributed by atoms with van der Waals surface area (Å²) in [4.78, 5) is 0. The van der Waals surface area contributed by atoms with Crippen LogP contribution in [-0.2, 0) is 4.74 Å². The third kappa shape index (κ3) is 1.97.